The van der Waals surface area contributed by atoms with Crippen molar-refractivity contribution in [3.05, 3.63) is 64.6 Å². The molecule has 0 N–H and O–H groups in total. The van der Waals surface area contributed by atoms with E-state index in [1.165, 1.54) is 23.8 Å². The van der Waals surface area contributed by atoms with Gasteiger partial charge in [-0.2, -0.15) is 0 Å². The third kappa shape index (κ3) is 5.95. The smallest absolute Gasteiger partial charge is 0.327 e. The molecule has 0 saturated heterocycles. The van der Waals surface area contributed by atoms with Gasteiger partial charge in [0.2, 0.25) is 0 Å². The second-order valence-corrected chi connectivity index (χ2v) is 9.99. The first-order valence-corrected chi connectivity index (χ1v) is 11.7. The monoisotopic (exact) mass is 435 g/mol. The highest BCUT2D eigenvalue weighted by Gasteiger charge is 2.45. The number of carbonyl (C=O) groups excluding carboxylic acids is 1. The summed E-state index contributed by atoms with van der Waals surface area (Å²) in [5.41, 5.74) is 0.636. The molecule has 0 aliphatic rings. The van der Waals surface area contributed by atoms with Crippen LogP contribution in [-0.4, -0.2) is 36.1 Å². The SMILES string of the molecule is CCC(C)OC(=O)C(C)(CCn1ccc(OCc2ccccc2)cc1=O)S(C)(=O)=O. The average molecular weight is 436 g/mol. The van der Waals surface area contributed by atoms with Crippen LogP contribution in [0.4, 0.5) is 0 Å². The van der Waals surface area contributed by atoms with Crippen LogP contribution < -0.4 is 10.3 Å². The summed E-state index contributed by atoms with van der Waals surface area (Å²) in [6.07, 6.45) is 2.66. The first-order valence-electron chi connectivity index (χ1n) is 9.84. The van der Waals surface area contributed by atoms with E-state index in [2.05, 4.69) is 0 Å². The van der Waals surface area contributed by atoms with Gasteiger partial charge in [-0.3, -0.25) is 9.59 Å². The Morgan fingerprint density at radius 1 is 1.20 bits per heavy atom. The minimum atomic E-state index is -3.76. The van der Waals surface area contributed by atoms with Gasteiger partial charge in [-0.15, -0.1) is 0 Å². The molecule has 164 valence electrons. The van der Waals surface area contributed by atoms with Crippen LogP contribution in [0.1, 0.15) is 39.2 Å². The van der Waals surface area contributed by atoms with Crippen LogP contribution in [0.3, 0.4) is 0 Å². The van der Waals surface area contributed by atoms with Crippen molar-refractivity contribution in [3.8, 4) is 5.75 Å². The molecule has 0 aliphatic heterocycles. The van der Waals surface area contributed by atoms with Gasteiger partial charge in [-0.05, 0) is 38.3 Å². The van der Waals surface area contributed by atoms with Gasteiger partial charge in [0.05, 0.1) is 6.10 Å². The molecule has 2 atom stereocenters. The van der Waals surface area contributed by atoms with Gasteiger partial charge in [0.25, 0.3) is 5.56 Å². The van der Waals surface area contributed by atoms with Gasteiger partial charge in [-0.1, -0.05) is 37.3 Å². The Bertz CT molecular complexity index is 1020. The van der Waals surface area contributed by atoms with E-state index in [0.717, 1.165) is 11.8 Å². The Balaban J connectivity index is 2.10. The van der Waals surface area contributed by atoms with E-state index in [1.54, 1.807) is 13.0 Å². The highest BCUT2D eigenvalue weighted by molar-refractivity contribution is 7.92. The number of sulfone groups is 1. The van der Waals surface area contributed by atoms with E-state index in [9.17, 15) is 18.0 Å². The van der Waals surface area contributed by atoms with E-state index in [1.807, 2.05) is 37.3 Å². The van der Waals surface area contributed by atoms with Crippen LogP contribution in [0.15, 0.2) is 53.5 Å². The van der Waals surface area contributed by atoms with E-state index < -0.39 is 20.6 Å². The Hall–Kier alpha value is -2.61. The van der Waals surface area contributed by atoms with Crippen LogP contribution in [-0.2, 0) is 32.5 Å². The average Bonchev–Trinajstić information content (AvgIpc) is 2.71. The van der Waals surface area contributed by atoms with E-state index in [4.69, 9.17) is 9.47 Å². The largest absolute Gasteiger partial charge is 0.489 e. The third-order valence-electron chi connectivity index (χ3n) is 5.18. The van der Waals surface area contributed by atoms with Gasteiger partial charge in [0.15, 0.2) is 14.6 Å². The number of nitrogens with zero attached hydrogens (tertiary/aromatic N) is 1. The lowest BCUT2D eigenvalue weighted by molar-refractivity contribution is -0.151. The van der Waals surface area contributed by atoms with Crippen LogP contribution >= 0.6 is 0 Å². The summed E-state index contributed by atoms with van der Waals surface area (Å²) in [7, 11) is -3.76. The second kappa shape index (κ2) is 9.93. The first kappa shape index (κ1) is 23.7. The standard InChI is InChI=1S/C22H29NO6S/c1-5-17(2)29-21(25)22(3,30(4,26)27)12-14-23-13-11-19(15-20(23)24)28-16-18-9-7-6-8-10-18/h6-11,13,15,17H,5,12,14,16H2,1-4H3. The zero-order chi connectivity index (χ0) is 22.4. The maximum Gasteiger partial charge on any atom is 0.327 e. The number of hydrogen-bond acceptors (Lipinski definition) is 6. The molecule has 1 aromatic carbocycles. The normalized spacial score (nSPS) is 14.5. The summed E-state index contributed by atoms with van der Waals surface area (Å²) in [4.78, 5) is 25.0. The van der Waals surface area contributed by atoms with Crippen molar-refractivity contribution in [1.82, 2.24) is 4.57 Å². The van der Waals surface area contributed by atoms with Crippen molar-refractivity contribution < 1.29 is 22.7 Å². The lowest BCUT2D eigenvalue weighted by Gasteiger charge is -2.27. The van der Waals surface area contributed by atoms with E-state index >= 15 is 0 Å². The number of aromatic nitrogens is 1. The van der Waals surface area contributed by atoms with Crippen LogP contribution in [0.5, 0.6) is 5.75 Å². The molecule has 0 aliphatic carbocycles. The van der Waals surface area contributed by atoms with Gasteiger partial charge in [0.1, 0.15) is 12.4 Å². The van der Waals surface area contributed by atoms with Crippen molar-refractivity contribution in [2.75, 3.05) is 6.26 Å². The van der Waals surface area contributed by atoms with Gasteiger partial charge >= 0.3 is 5.97 Å². The van der Waals surface area contributed by atoms with Crippen LogP contribution in [0, 0.1) is 0 Å². The molecule has 0 spiro atoms. The van der Waals surface area contributed by atoms with Crippen LogP contribution in [0.2, 0.25) is 0 Å². The minimum Gasteiger partial charge on any atom is -0.489 e. The van der Waals surface area contributed by atoms with Crippen molar-refractivity contribution >= 4 is 15.8 Å². The topological polar surface area (TPSA) is 91.7 Å². The number of hydrogen-bond donors (Lipinski definition) is 0. The third-order valence-corrected chi connectivity index (χ3v) is 7.19. The Kier molecular flexibility index (Phi) is 7.83. The Labute approximate surface area is 177 Å². The molecule has 2 aromatic rings. The number of esters is 1. The highest BCUT2D eigenvalue weighted by atomic mass is 32.2. The number of aryl methyl sites for hydroxylation is 1. The van der Waals surface area contributed by atoms with Crippen molar-refractivity contribution in [3.63, 3.8) is 0 Å². The van der Waals surface area contributed by atoms with Gasteiger partial charge < -0.3 is 14.0 Å². The van der Waals surface area contributed by atoms with E-state index in [-0.39, 0.29) is 24.6 Å². The molecule has 0 fully saturated rings. The molecule has 0 amide bonds. The number of carbonyl (C=O) groups is 1. The number of ether oxygens (including phenoxy) is 2. The molecule has 1 heterocycles. The van der Waals surface area contributed by atoms with Crippen molar-refractivity contribution in [2.45, 2.75) is 57.6 Å². The fourth-order valence-corrected chi connectivity index (χ4v) is 3.48. The predicted octanol–water partition coefficient (Wildman–Crippen LogP) is 2.96. The summed E-state index contributed by atoms with van der Waals surface area (Å²) in [5, 5.41) is 0. The number of rotatable bonds is 10. The van der Waals surface area contributed by atoms with E-state index in [0.29, 0.717) is 18.8 Å². The van der Waals surface area contributed by atoms with Crippen molar-refractivity contribution in [2.24, 2.45) is 0 Å². The quantitative estimate of drug-likeness (QED) is 0.533. The van der Waals surface area contributed by atoms with Crippen molar-refractivity contribution in [1.29, 1.82) is 0 Å². The molecule has 2 rings (SSSR count). The summed E-state index contributed by atoms with van der Waals surface area (Å²) in [6, 6.07) is 12.5. The lowest BCUT2D eigenvalue weighted by atomic mass is 10.1. The summed E-state index contributed by atoms with van der Waals surface area (Å²) < 4.78 is 35.2. The summed E-state index contributed by atoms with van der Waals surface area (Å²) in [5.74, 6) is -0.377. The first-order chi connectivity index (χ1) is 14.1. The summed E-state index contributed by atoms with van der Waals surface area (Å²) >= 11 is 0. The molecule has 2 unspecified atom stereocenters. The zero-order valence-corrected chi connectivity index (χ0v) is 18.6. The Morgan fingerprint density at radius 2 is 1.87 bits per heavy atom. The predicted molar refractivity (Wildman–Crippen MR) is 115 cm³/mol. The fourth-order valence-electron chi connectivity index (χ4n) is 2.67. The maximum absolute atomic E-state index is 12.6. The molecular weight excluding hydrogens is 406 g/mol. The molecule has 7 nitrogen and oxygen atoms in total. The fraction of sp³-hybridized carbons (Fsp3) is 0.455. The lowest BCUT2D eigenvalue weighted by Crippen LogP contribution is -2.46. The maximum atomic E-state index is 12.6. The molecule has 0 bridgehead atoms. The Morgan fingerprint density at radius 3 is 2.43 bits per heavy atom. The highest BCUT2D eigenvalue weighted by Crippen LogP contribution is 2.25. The minimum absolute atomic E-state index is 0.0526. The number of pyridine rings is 1. The molecular formula is C22H29NO6S. The molecule has 30 heavy (non-hydrogen) atoms. The molecule has 0 radical (unpaired) electrons. The molecule has 1 aromatic heterocycles. The number of benzene rings is 1. The molecule has 0 saturated carbocycles. The molecule has 8 heteroatoms. The van der Waals surface area contributed by atoms with Gasteiger partial charge in [0, 0.05) is 25.1 Å². The second-order valence-electron chi connectivity index (χ2n) is 7.55. The zero-order valence-electron chi connectivity index (χ0n) is 17.8. The van der Waals surface area contributed by atoms with Crippen LogP contribution in [0.25, 0.3) is 0 Å². The summed E-state index contributed by atoms with van der Waals surface area (Å²) in [6.45, 7) is 5.28. The van der Waals surface area contributed by atoms with Gasteiger partial charge in [-0.25, -0.2) is 8.42 Å².